The molecule has 0 saturated carbocycles. The SMILES string of the molecule is CC(N)C1CCCCN1Cc1ccc(C(N)=O)cc1[N+](=O)[O-].Cl. The quantitative estimate of drug-likeness (QED) is 0.625. The number of halogens is 1. The summed E-state index contributed by atoms with van der Waals surface area (Å²) in [6.07, 6.45) is 3.20. The average Bonchev–Trinajstić information content (AvgIpc) is 2.47. The Bertz CT molecular complexity index is 580. The first kappa shape index (κ1) is 19.3. The Morgan fingerprint density at radius 3 is 2.74 bits per heavy atom. The van der Waals surface area contributed by atoms with Crippen molar-refractivity contribution in [2.75, 3.05) is 6.54 Å². The molecule has 1 aromatic carbocycles. The molecule has 1 heterocycles. The lowest BCUT2D eigenvalue weighted by atomic mass is 9.96. The summed E-state index contributed by atoms with van der Waals surface area (Å²) >= 11 is 0. The molecule has 7 nitrogen and oxygen atoms in total. The third kappa shape index (κ3) is 4.63. The molecule has 0 spiro atoms. The second kappa shape index (κ2) is 8.24. The minimum Gasteiger partial charge on any atom is -0.366 e. The van der Waals surface area contributed by atoms with Crippen LogP contribution in [-0.4, -0.2) is 34.4 Å². The van der Waals surface area contributed by atoms with Crippen LogP contribution in [0.3, 0.4) is 0 Å². The van der Waals surface area contributed by atoms with Gasteiger partial charge in [-0.3, -0.25) is 19.8 Å². The maximum atomic E-state index is 11.3. The largest absolute Gasteiger partial charge is 0.366 e. The molecule has 0 aliphatic carbocycles. The van der Waals surface area contributed by atoms with Gasteiger partial charge in [-0.2, -0.15) is 0 Å². The van der Waals surface area contributed by atoms with Gasteiger partial charge in [-0.15, -0.1) is 12.4 Å². The number of carbonyl (C=O) groups excluding carboxylic acids is 1. The van der Waals surface area contributed by atoms with Crippen molar-refractivity contribution in [3.63, 3.8) is 0 Å². The van der Waals surface area contributed by atoms with Gasteiger partial charge in [0.2, 0.25) is 5.91 Å². The fraction of sp³-hybridized carbons (Fsp3) is 0.533. The first-order chi connectivity index (χ1) is 10.4. The van der Waals surface area contributed by atoms with Crippen molar-refractivity contribution >= 4 is 24.0 Å². The monoisotopic (exact) mass is 342 g/mol. The lowest BCUT2D eigenvalue weighted by Gasteiger charge is -2.38. The lowest BCUT2D eigenvalue weighted by Crippen LogP contribution is -2.48. The van der Waals surface area contributed by atoms with E-state index in [-0.39, 0.29) is 35.7 Å². The number of nitrogens with two attached hydrogens (primary N) is 2. The molecule has 1 aliphatic heterocycles. The van der Waals surface area contributed by atoms with Crippen LogP contribution in [0.1, 0.15) is 42.1 Å². The van der Waals surface area contributed by atoms with Crippen LogP contribution in [0.4, 0.5) is 5.69 Å². The van der Waals surface area contributed by atoms with Gasteiger partial charge in [0.1, 0.15) is 0 Å². The maximum absolute atomic E-state index is 11.3. The Kier molecular flexibility index (Phi) is 6.93. The van der Waals surface area contributed by atoms with Crippen molar-refractivity contribution in [2.24, 2.45) is 11.5 Å². The van der Waals surface area contributed by atoms with Gasteiger partial charge < -0.3 is 11.5 Å². The molecular formula is C15H23ClN4O3. The lowest BCUT2D eigenvalue weighted by molar-refractivity contribution is -0.385. The summed E-state index contributed by atoms with van der Waals surface area (Å²) in [4.78, 5) is 24.2. The molecule has 2 unspecified atom stereocenters. The molecule has 1 amide bonds. The highest BCUT2D eigenvalue weighted by Crippen LogP contribution is 2.26. The molecule has 0 aromatic heterocycles. The minimum atomic E-state index is -0.666. The molecule has 4 N–H and O–H groups in total. The summed E-state index contributed by atoms with van der Waals surface area (Å²) < 4.78 is 0. The fourth-order valence-electron chi connectivity index (χ4n) is 3.05. The van der Waals surface area contributed by atoms with E-state index in [4.69, 9.17) is 11.5 Å². The summed E-state index contributed by atoms with van der Waals surface area (Å²) in [5, 5.41) is 11.3. The van der Waals surface area contributed by atoms with Gasteiger partial charge in [-0.05, 0) is 32.4 Å². The van der Waals surface area contributed by atoms with E-state index in [1.165, 1.54) is 12.1 Å². The molecule has 1 aliphatic rings. The van der Waals surface area contributed by atoms with Gasteiger partial charge >= 0.3 is 0 Å². The predicted molar refractivity (Wildman–Crippen MR) is 90.6 cm³/mol. The molecular weight excluding hydrogens is 320 g/mol. The Hall–Kier alpha value is -1.70. The highest BCUT2D eigenvalue weighted by atomic mass is 35.5. The fourth-order valence-corrected chi connectivity index (χ4v) is 3.05. The van der Waals surface area contributed by atoms with Crippen molar-refractivity contribution in [3.8, 4) is 0 Å². The normalized spacial score (nSPS) is 19.7. The van der Waals surface area contributed by atoms with Crippen LogP contribution >= 0.6 is 12.4 Å². The van der Waals surface area contributed by atoms with Crippen molar-refractivity contribution < 1.29 is 9.72 Å². The smallest absolute Gasteiger partial charge is 0.274 e. The van der Waals surface area contributed by atoms with E-state index in [9.17, 15) is 14.9 Å². The van der Waals surface area contributed by atoms with Gasteiger partial charge in [0, 0.05) is 35.8 Å². The molecule has 2 rings (SSSR count). The molecule has 0 radical (unpaired) electrons. The zero-order valence-electron chi connectivity index (χ0n) is 13.1. The Labute approximate surface area is 141 Å². The highest BCUT2D eigenvalue weighted by molar-refractivity contribution is 5.93. The predicted octanol–water partition coefficient (Wildman–Crippen LogP) is 1.82. The van der Waals surface area contributed by atoms with Crippen LogP contribution in [-0.2, 0) is 6.54 Å². The Morgan fingerprint density at radius 1 is 1.48 bits per heavy atom. The van der Waals surface area contributed by atoms with Gasteiger partial charge in [-0.1, -0.05) is 12.5 Å². The number of piperidine rings is 1. The first-order valence-electron chi connectivity index (χ1n) is 7.47. The molecule has 0 bridgehead atoms. The number of carbonyl (C=O) groups is 1. The zero-order chi connectivity index (χ0) is 16.3. The van der Waals surface area contributed by atoms with E-state index in [1.54, 1.807) is 6.07 Å². The zero-order valence-corrected chi connectivity index (χ0v) is 13.9. The van der Waals surface area contributed by atoms with E-state index in [0.29, 0.717) is 12.1 Å². The van der Waals surface area contributed by atoms with E-state index in [1.807, 2.05) is 6.92 Å². The second-order valence-corrected chi connectivity index (χ2v) is 5.86. The van der Waals surface area contributed by atoms with E-state index >= 15 is 0 Å². The van der Waals surface area contributed by atoms with E-state index in [0.717, 1.165) is 25.8 Å². The number of hydrogen-bond donors (Lipinski definition) is 2. The molecule has 1 aromatic rings. The molecule has 23 heavy (non-hydrogen) atoms. The standard InChI is InChI=1S/C15H22N4O3.ClH/c1-10(16)13-4-2-3-7-18(13)9-12-6-5-11(15(17)20)8-14(12)19(21)22;/h5-6,8,10,13H,2-4,7,9,16H2,1H3,(H2,17,20);1H. The van der Waals surface area contributed by atoms with Gasteiger partial charge in [0.15, 0.2) is 0 Å². The number of likely N-dealkylation sites (tertiary alicyclic amines) is 1. The van der Waals surface area contributed by atoms with Crippen LogP contribution in [0.15, 0.2) is 18.2 Å². The Morgan fingerprint density at radius 2 is 2.17 bits per heavy atom. The van der Waals surface area contributed by atoms with Crippen molar-refractivity contribution in [2.45, 2.75) is 44.8 Å². The number of nitro groups is 1. The van der Waals surface area contributed by atoms with Crippen LogP contribution in [0, 0.1) is 10.1 Å². The van der Waals surface area contributed by atoms with Crippen LogP contribution in [0.2, 0.25) is 0 Å². The summed E-state index contributed by atoms with van der Waals surface area (Å²) in [6, 6.07) is 4.65. The second-order valence-electron chi connectivity index (χ2n) is 5.86. The molecule has 8 heteroatoms. The number of benzene rings is 1. The topological polar surface area (TPSA) is 115 Å². The summed E-state index contributed by atoms with van der Waals surface area (Å²) in [5.41, 5.74) is 11.9. The van der Waals surface area contributed by atoms with Crippen LogP contribution in [0.25, 0.3) is 0 Å². The van der Waals surface area contributed by atoms with Gasteiger partial charge in [-0.25, -0.2) is 0 Å². The maximum Gasteiger partial charge on any atom is 0.274 e. The molecule has 1 saturated heterocycles. The van der Waals surface area contributed by atoms with Crippen molar-refractivity contribution in [1.82, 2.24) is 4.90 Å². The van der Waals surface area contributed by atoms with E-state index < -0.39 is 10.8 Å². The third-order valence-corrected chi connectivity index (χ3v) is 4.21. The number of hydrogen-bond acceptors (Lipinski definition) is 5. The van der Waals surface area contributed by atoms with Gasteiger partial charge in [0.25, 0.3) is 5.69 Å². The number of primary amides is 1. The van der Waals surface area contributed by atoms with Crippen molar-refractivity contribution in [3.05, 3.63) is 39.4 Å². The highest BCUT2D eigenvalue weighted by Gasteiger charge is 2.27. The van der Waals surface area contributed by atoms with Gasteiger partial charge in [0.05, 0.1) is 4.92 Å². The van der Waals surface area contributed by atoms with Crippen LogP contribution in [0.5, 0.6) is 0 Å². The average molecular weight is 343 g/mol. The summed E-state index contributed by atoms with van der Waals surface area (Å²) in [6.45, 7) is 3.30. The number of nitro benzene ring substituents is 1. The first-order valence-corrected chi connectivity index (χ1v) is 7.47. The third-order valence-electron chi connectivity index (χ3n) is 4.21. The van der Waals surface area contributed by atoms with Crippen LogP contribution < -0.4 is 11.5 Å². The molecule has 128 valence electrons. The molecule has 2 atom stereocenters. The van der Waals surface area contributed by atoms with E-state index in [2.05, 4.69) is 4.90 Å². The number of nitrogens with zero attached hydrogens (tertiary/aromatic N) is 2. The minimum absolute atomic E-state index is 0. The molecule has 1 fully saturated rings. The summed E-state index contributed by atoms with van der Waals surface area (Å²) in [7, 11) is 0. The number of rotatable bonds is 5. The number of amides is 1. The Balaban J connectivity index is 0.00000264. The van der Waals surface area contributed by atoms with Crippen molar-refractivity contribution in [1.29, 1.82) is 0 Å². The summed E-state index contributed by atoms with van der Waals surface area (Å²) in [5.74, 6) is -0.666.